The molecule has 6 heteroatoms. The summed E-state index contributed by atoms with van der Waals surface area (Å²) in [6.45, 7) is 9.03. The SMILES string of the molecule is CC(C)(C)[Si](C)(C)O[C@H](CC=O)C(F)(F)F. The molecule has 0 radical (unpaired) electrons. The first-order valence-corrected chi connectivity index (χ1v) is 8.01. The van der Waals surface area contributed by atoms with Crippen molar-refractivity contribution >= 4 is 14.6 Å². The van der Waals surface area contributed by atoms with Crippen LogP contribution in [0.1, 0.15) is 27.2 Å². The minimum absolute atomic E-state index is 0.255. The summed E-state index contributed by atoms with van der Waals surface area (Å²) in [6.07, 6.45) is -6.82. The molecule has 0 spiro atoms. The Morgan fingerprint density at radius 3 is 1.94 bits per heavy atom. The summed E-state index contributed by atoms with van der Waals surface area (Å²) in [5, 5.41) is -0.306. The predicted octanol–water partition coefficient (Wildman–Crippen LogP) is 3.53. The van der Waals surface area contributed by atoms with Crippen molar-refractivity contribution < 1.29 is 22.4 Å². The van der Waals surface area contributed by atoms with Gasteiger partial charge in [-0.2, -0.15) is 13.2 Å². The van der Waals surface area contributed by atoms with Crippen molar-refractivity contribution in [3.63, 3.8) is 0 Å². The molecule has 0 aliphatic carbocycles. The molecule has 0 aliphatic rings. The summed E-state index contributed by atoms with van der Waals surface area (Å²) >= 11 is 0. The summed E-state index contributed by atoms with van der Waals surface area (Å²) < 4.78 is 42.9. The zero-order chi connectivity index (χ0) is 13.2. The molecule has 0 amide bonds. The molecule has 0 rings (SSSR count). The van der Waals surface area contributed by atoms with Crippen molar-refractivity contribution in [3.05, 3.63) is 0 Å². The fourth-order valence-electron chi connectivity index (χ4n) is 0.868. The van der Waals surface area contributed by atoms with Gasteiger partial charge in [0, 0.05) is 6.42 Å². The molecule has 0 unspecified atom stereocenters. The molecule has 0 saturated carbocycles. The van der Waals surface area contributed by atoms with Crippen LogP contribution in [0.5, 0.6) is 0 Å². The minimum atomic E-state index is -4.48. The number of hydrogen-bond acceptors (Lipinski definition) is 2. The van der Waals surface area contributed by atoms with Crippen LogP contribution in [-0.2, 0) is 9.22 Å². The quantitative estimate of drug-likeness (QED) is 0.568. The lowest BCUT2D eigenvalue weighted by Gasteiger charge is -2.39. The molecule has 1 atom stereocenters. The summed E-state index contributed by atoms with van der Waals surface area (Å²) in [5.41, 5.74) is 0. The molecule has 0 aromatic rings. The molecule has 0 fully saturated rings. The van der Waals surface area contributed by atoms with E-state index in [1.54, 1.807) is 13.1 Å². The molecule has 0 saturated heterocycles. The van der Waals surface area contributed by atoms with E-state index in [2.05, 4.69) is 0 Å². The lowest BCUT2D eigenvalue weighted by molar-refractivity contribution is -0.199. The monoisotopic (exact) mass is 256 g/mol. The van der Waals surface area contributed by atoms with E-state index in [-0.39, 0.29) is 11.3 Å². The lowest BCUT2D eigenvalue weighted by Crippen LogP contribution is -2.48. The molecular formula is C10H19F3O2Si. The molecule has 0 heterocycles. The Balaban J connectivity index is 4.83. The molecule has 0 aromatic heterocycles. The molecule has 2 nitrogen and oxygen atoms in total. The van der Waals surface area contributed by atoms with Gasteiger partial charge >= 0.3 is 6.18 Å². The van der Waals surface area contributed by atoms with Crippen molar-refractivity contribution in [2.45, 2.75) is 57.6 Å². The van der Waals surface area contributed by atoms with Crippen LogP contribution in [0.4, 0.5) is 13.2 Å². The van der Waals surface area contributed by atoms with Crippen LogP contribution in [-0.4, -0.2) is 26.9 Å². The van der Waals surface area contributed by atoms with Crippen LogP contribution in [0.15, 0.2) is 0 Å². The lowest BCUT2D eigenvalue weighted by atomic mass is 10.2. The second-order valence-electron chi connectivity index (χ2n) is 5.31. The summed E-state index contributed by atoms with van der Waals surface area (Å²) in [4.78, 5) is 10.2. The van der Waals surface area contributed by atoms with Crippen LogP contribution in [0.2, 0.25) is 18.1 Å². The van der Waals surface area contributed by atoms with Crippen molar-refractivity contribution in [1.29, 1.82) is 0 Å². The third kappa shape index (κ3) is 4.25. The topological polar surface area (TPSA) is 26.3 Å². The molecule has 0 aliphatic heterocycles. The Labute approximate surface area is 95.3 Å². The highest BCUT2D eigenvalue weighted by atomic mass is 28.4. The first kappa shape index (κ1) is 15.6. The van der Waals surface area contributed by atoms with Crippen molar-refractivity contribution in [1.82, 2.24) is 0 Å². The van der Waals surface area contributed by atoms with Crippen LogP contribution in [0, 0.1) is 0 Å². The average Bonchev–Trinajstić information content (AvgIpc) is 1.99. The Hall–Kier alpha value is -0.363. The van der Waals surface area contributed by atoms with Gasteiger partial charge in [0.05, 0.1) is 0 Å². The predicted molar refractivity (Wildman–Crippen MR) is 58.8 cm³/mol. The average molecular weight is 256 g/mol. The number of halogens is 3. The van der Waals surface area contributed by atoms with E-state index in [1.807, 2.05) is 20.8 Å². The maximum Gasteiger partial charge on any atom is 0.413 e. The first-order chi connectivity index (χ1) is 6.92. The molecule has 0 N–H and O–H groups in total. The standard InChI is InChI=1S/C10H19F3O2Si/c1-9(2,3)16(4,5)15-8(6-7-14)10(11,12)13/h7-8H,6H2,1-5H3/t8-/m1/s1. The van der Waals surface area contributed by atoms with Gasteiger partial charge in [0.1, 0.15) is 12.4 Å². The summed E-state index contributed by atoms with van der Waals surface area (Å²) in [7, 11) is -2.49. The first-order valence-electron chi connectivity index (χ1n) is 5.10. The second kappa shape index (κ2) is 4.87. The fourth-order valence-corrected chi connectivity index (χ4v) is 2.16. The van der Waals surface area contributed by atoms with E-state index in [0.29, 0.717) is 0 Å². The summed E-state index contributed by atoms with van der Waals surface area (Å²) in [5.74, 6) is 0. The van der Waals surface area contributed by atoms with Gasteiger partial charge in [-0.15, -0.1) is 0 Å². The number of aldehydes is 1. The maximum atomic E-state index is 12.6. The largest absolute Gasteiger partial charge is 0.413 e. The van der Waals surface area contributed by atoms with Gasteiger partial charge in [-0.05, 0) is 18.1 Å². The Morgan fingerprint density at radius 2 is 1.69 bits per heavy atom. The third-order valence-electron chi connectivity index (χ3n) is 2.92. The van der Waals surface area contributed by atoms with Gasteiger partial charge < -0.3 is 9.22 Å². The van der Waals surface area contributed by atoms with Crippen molar-refractivity contribution in [3.8, 4) is 0 Å². The smallest absolute Gasteiger partial charge is 0.405 e. The molecule has 0 bridgehead atoms. The highest BCUT2D eigenvalue weighted by Crippen LogP contribution is 2.39. The van der Waals surface area contributed by atoms with E-state index in [0.717, 1.165) is 0 Å². The van der Waals surface area contributed by atoms with E-state index in [4.69, 9.17) is 4.43 Å². The number of hydrogen-bond donors (Lipinski definition) is 0. The van der Waals surface area contributed by atoms with Crippen molar-refractivity contribution in [2.24, 2.45) is 0 Å². The van der Waals surface area contributed by atoms with E-state index in [1.165, 1.54) is 0 Å². The van der Waals surface area contributed by atoms with Crippen LogP contribution >= 0.6 is 0 Å². The van der Waals surface area contributed by atoms with Crippen LogP contribution in [0.3, 0.4) is 0 Å². The molecule has 16 heavy (non-hydrogen) atoms. The second-order valence-corrected chi connectivity index (χ2v) is 10.1. The van der Waals surface area contributed by atoms with Crippen LogP contribution < -0.4 is 0 Å². The minimum Gasteiger partial charge on any atom is -0.405 e. The Morgan fingerprint density at radius 1 is 1.25 bits per heavy atom. The van der Waals surface area contributed by atoms with E-state index >= 15 is 0 Å². The number of carbonyl (C=O) groups is 1. The molecule has 96 valence electrons. The highest BCUT2D eigenvalue weighted by Gasteiger charge is 2.47. The number of carbonyl (C=O) groups excluding carboxylic acids is 1. The maximum absolute atomic E-state index is 12.6. The van der Waals surface area contributed by atoms with E-state index in [9.17, 15) is 18.0 Å². The third-order valence-corrected chi connectivity index (χ3v) is 7.40. The fraction of sp³-hybridized carbons (Fsp3) is 0.900. The summed E-state index contributed by atoms with van der Waals surface area (Å²) in [6, 6.07) is 0. The van der Waals surface area contributed by atoms with Crippen LogP contribution in [0.25, 0.3) is 0 Å². The Kier molecular flexibility index (Phi) is 4.76. The van der Waals surface area contributed by atoms with Gasteiger partial charge in [0.2, 0.25) is 0 Å². The molecular weight excluding hydrogens is 237 g/mol. The van der Waals surface area contributed by atoms with Gasteiger partial charge in [0.15, 0.2) is 8.32 Å². The van der Waals surface area contributed by atoms with Gasteiger partial charge in [-0.3, -0.25) is 0 Å². The van der Waals surface area contributed by atoms with Gasteiger partial charge in [-0.25, -0.2) is 0 Å². The normalized spacial score (nSPS) is 16.0. The van der Waals surface area contributed by atoms with Gasteiger partial charge in [0.25, 0.3) is 0 Å². The Bertz CT molecular complexity index is 243. The van der Waals surface area contributed by atoms with E-state index < -0.39 is 27.0 Å². The zero-order valence-corrected chi connectivity index (χ0v) is 11.3. The van der Waals surface area contributed by atoms with Crippen molar-refractivity contribution in [2.75, 3.05) is 0 Å². The van der Waals surface area contributed by atoms with Gasteiger partial charge in [-0.1, -0.05) is 20.8 Å². The number of alkyl halides is 3. The number of rotatable bonds is 4. The zero-order valence-electron chi connectivity index (χ0n) is 10.3. The molecule has 0 aromatic carbocycles. The highest BCUT2D eigenvalue weighted by molar-refractivity contribution is 6.74.